The van der Waals surface area contributed by atoms with Crippen LogP contribution in [-0.4, -0.2) is 11.7 Å². The predicted octanol–water partition coefficient (Wildman–Crippen LogP) is 3.57. The largest absolute Gasteiger partial charge is 0.492 e. The Morgan fingerprint density at radius 3 is 2.73 bits per heavy atom. The van der Waals surface area contributed by atoms with E-state index in [1.165, 1.54) is 0 Å². The number of aliphatic hydroxyl groups excluding tert-OH is 1. The maximum atomic E-state index is 9.35. The van der Waals surface area contributed by atoms with E-state index in [-0.39, 0.29) is 0 Å². The van der Waals surface area contributed by atoms with E-state index in [0.29, 0.717) is 17.4 Å². The molecule has 1 rings (SSSR count). The highest BCUT2D eigenvalue weighted by atomic mass is 35.5. The SMILES string of the molecule is CCCCOc1ccc([C@@H](C)O)cc1Cl. The van der Waals surface area contributed by atoms with E-state index in [1.54, 1.807) is 19.1 Å². The lowest BCUT2D eigenvalue weighted by molar-refractivity contribution is 0.199. The molecule has 0 aliphatic carbocycles. The summed E-state index contributed by atoms with van der Waals surface area (Å²) in [5.74, 6) is 0.689. The van der Waals surface area contributed by atoms with Crippen LogP contribution in [0.5, 0.6) is 5.75 Å². The van der Waals surface area contributed by atoms with Crippen molar-refractivity contribution in [2.24, 2.45) is 0 Å². The fraction of sp³-hybridized carbons (Fsp3) is 0.500. The molecule has 0 saturated heterocycles. The van der Waals surface area contributed by atoms with E-state index in [2.05, 4.69) is 6.92 Å². The molecule has 0 radical (unpaired) electrons. The first-order valence-electron chi connectivity index (χ1n) is 5.25. The Bertz CT molecular complexity index is 310. The molecule has 0 unspecified atom stereocenters. The lowest BCUT2D eigenvalue weighted by Gasteiger charge is -2.10. The summed E-state index contributed by atoms with van der Waals surface area (Å²) in [5.41, 5.74) is 0.808. The van der Waals surface area contributed by atoms with Crippen LogP contribution in [0.1, 0.15) is 38.4 Å². The number of benzene rings is 1. The summed E-state index contributed by atoms with van der Waals surface area (Å²) in [6.07, 6.45) is 1.63. The van der Waals surface area contributed by atoms with Crippen molar-refractivity contribution < 1.29 is 9.84 Å². The molecule has 0 spiro atoms. The number of hydrogen-bond donors (Lipinski definition) is 1. The van der Waals surface area contributed by atoms with E-state index in [9.17, 15) is 5.11 Å². The summed E-state index contributed by atoms with van der Waals surface area (Å²) in [6, 6.07) is 5.38. The van der Waals surface area contributed by atoms with Crippen LogP contribution in [0.3, 0.4) is 0 Å². The van der Waals surface area contributed by atoms with Crippen molar-refractivity contribution in [1.82, 2.24) is 0 Å². The Morgan fingerprint density at radius 2 is 2.20 bits per heavy atom. The minimum Gasteiger partial charge on any atom is -0.492 e. The Hall–Kier alpha value is -0.730. The van der Waals surface area contributed by atoms with Gasteiger partial charge in [0.05, 0.1) is 17.7 Å². The molecular formula is C12H17ClO2. The monoisotopic (exact) mass is 228 g/mol. The summed E-state index contributed by atoms with van der Waals surface area (Å²) in [4.78, 5) is 0. The zero-order valence-corrected chi connectivity index (χ0v) is 9.92. The molecule has 2 nitrogen and oxygen atoms in total. The van der Waals surface area contributed by atoms with Crippen LogP contribution in [0, 0.1) is 0 Å². The third-order valence-corrected chi connectivity index (χ3v) is 2.49. The van der Waals surface area contributed by atoms with Gasteiger partial charge in [-0.15, -0.1) is 0 Å². The first-order chi connectivity index (χ1) is 7.15. The van der Waals surface area contributed by atoms with E-state index >= 15 is 0 Å². The summed E-state index contributed by atoms with van der Waals surface area (Å²) in [6.45, 7) is 4.51. The summed E-state index contributed by atoms with van der Waals surface area (Å²) < 4.78 is 5.50. The second-order valence-electron chi connectivity index (χ2n) is 3.57. The summed E-state index contributed by atoms with van der Waals surface area (Å²) in [5, 5.41) is 9.91. The molecule has 1 aromatic carbocycles. The van der Waals surface area contributed by atoms with Gasteiger partial charge in [0.15, 0.2) is 0 Å². The fourth-order valence-corrected chi connectivity index (χ4v) is 1.46. The molecule has 0 aliphatic heterocycles. The first kappa shape index (κ1) is 12.3. The first-order valence-corrected chi connectivity index (χ1v) is 5.63. The third kappa shape index (κ3) is 3.73. The van der Waals surface area contributed by atoms with Gasteiger partial charge in [0.2, 0.25) is 0 Å². The summed E-state index contributed by atoms with van der Waals surface area (Å²) in [7, 11) is 0. The standard InChI is InChI=1S/C12H17ClO2/c1-3-4-7-15-12-6-5-10(9(2)14)8-11(12)13/h5-6,8-9,14H,3-4,7H2,1-2H3/t9-/m1/s1. The van der Waals surface area contributed by atoms with Gasteiger partial charge in [-0.25, -0.2) is 0 Å². The zero-order valence-electron chi connectivity index (χ0n) is 9.16. The van der Waals surface area contributed by atoms with Crippen LogP contribution in [0.4, 0.5) is 0 Å². The van der Waals surface area contributed by atoms with E-state index in [1.807, 2.05) is 6.07 Å². The van der Waals surface area contributed by atoms with Crippen LogP contribution in [-0.2, 0) is 0 Å². The molecule has 3 heteroatoms. The van der Waals surface area contributed by atoms with Crippen molar-refractivity contribution in [2.75, 3.05) is 6.61 Å². The number of unbranched alkanes of at least 4 members (excludes halogenated alkanes) is 1. The number of hydrogen-bond acceptors (Lipinski definition) is 2. The molecule has 0 aliphatic rings. The summed E-state index contributed by atoms with van der Waals surface area (Å²) >= 11 is 6.02. The minimum atomic E-state index is -0.493. The minimum absolute atomic E-state index is 0.493. The molecule has 0 aromatic heterocycles. The molecule has 0 heterocycles. The topological polar surface area (TPSA) is 29.5 Å². The highest BCUT2D eigenvalue weighted by Crippen LogP contribution is 2.27. The van der Waals surface area contributed by atoms with Gasteiger partial charge in [0, 0.05) is 0 Å². The molecule has 1 N–H and O–H groups in total. The van der Waals surface area contributed by atoms with Gasteiger partial charge in [-0.2, -0.15) is 0 Å². The maximum absolute atomic E-state index is 9.35. The quantitative estimate of drug-likeness (QED) is 0.781. The van der Waals surface area contributed by atoms with Crippen LogP contribution >= 0.6 is 11.6 Å². The van der Waals surface area contributed by atoms with Crippen LogP contribution in [0.2, 0.25) is 5.02 Å². The van der Waals surface area contributed by atoms with Crippen LogP contribution in [0.25, 0.3) is 0 Å². The van der Waals surface area contributed by atoms with Gasteiger partial charge in [-0.05, 0) is 31.0 Å². The molecule has 0 fully saturated rings. The fourth-order valence-electron chi connectivity index (χ4n) is 1.22. The Labute approximate surface area is 95.8 Å². The lowest BCUT2D eigenvalue weighted by atomic mass is 10.1. The Balaban J connectivity index is 2.66. The molecular weight excluding hydrogens is 212 g/mol. The van der Waals surface area contributed by atoms with Gasteiger partial charge >= 0.3 is 0 Å². The van der Waals surface area contributed by atoms with Crippen LogP contribution in [0.15, 0.2) is 18.2 Å². The van der Waals surface area contributed by atoms with Crippen molar-refractivity contribution in [3.8, 4) is 5.75 Å². The Morgan fingerprint density at radius 1 is 1.47 bits per heavy atom. The van der Waals surface area contributed by atoms with Crippen molar-refractivity contribution in [3.63, 3.8) is 0 Å². The smallest absolute Gasteiger partial charge is 0.137 e. The van der Waals surface area contributed by atoms with E-state index < -0.39 is 6.10 Å². The highest BCUT2D eigenvalue weighted by molar-refractivity contribution is 6.32. The van der Waals surface area contributed by atoms with Crippen molar-refractivity contribution in [3.05, 3.63) is 28.8 Å². The third-order valence-electron chi connectivity index (χ3n) is 2.19. The van der Waals surface area contributed by atoms with Crippen molar-refractivity contribution in [2.45, 2.75) is 32.8 Å². The van der Waals surface area contributed by atoms with Crippen LogP contribution < -0.4 is 4.74 Å². The van der Waals surface area contributed by atoms with Gasteiger partial charge in [0.25, 0.3) is 0 Å². The number of aliphatic hydroxyl groups is 1. The number of rotatable bonds is 5. The van der Waals surface area contributed by atoms with Gasteiger partial charge in [-0.1, -0.05) is 31.0 Å². The Kier molecular flexibility index (Phi) is 4.92. The average molecular weight is 229 g/mol. The van der Waals surface area contributed by atoms with Crippen molar-refractivity contribution in [1.29, 1.82) is 0 Å². The van der Waals surface area contributed by atoms with Gasteiger partial charge in [-0.3, -0.25) is 0 Å². The van der Waals surface area contributed by atoms with Crippen molar-refractivity contribution >= 4 is 11.6 Å². The normalized spacial score (nSPS) is 12.5. The van der Waals surface area contributed by atoms with E-state index in [4.69, 9.17) is 16.3 Å². The second-order valence-corrected chi connectivity index (χ2v) is 3.98. The molecule has 1 atom stereocenters. The highest BCUT2D eigenvalue weighted by Gasteiger charge is 2.06. The average Bonchev–Trinajstić information content (AvgIpc) is 2.20. The molecule has 0 amide bonds. The molecule has 1 aromatic rings. The molecule has 84 valence electrons. The number of halogens is 1. The molecule has 0 saturated carbocycles. The predicted molar refractivity (Wildman–Crippen MR) is 62.5 cm³/mol. The molecule has 15 heavy (non-hydrogen) atoms. The van der Waals surface area contributed by atoms with E-state index in [0.717, 1.165) is 18.4 Å². The lowest BCUT2D eigenvalue weighted by Crippen LogP contribution is -1.98. The van der Waals surface area contributed by atoms with Gasteiger partial charge in [0.1, 0.15) is 5.75 Å². The second kappa shape index (κ2) is 5.99. The maximum Gasteiger partial charge on any atom is 0.137 e. The number of ether oxygens (including phenoxy) is 1. The van der Waals surface area contributed by atoms with Gasteiger partial charge < -0.3 is 9.84 Å². The zero-order chi connectivity index (χ0) is 11.3. The molecule has 0 bridgehead atoms.